The minimum atomic E-state index is -0.596. The fraction of sp³-hybridized carbons (Fsp3) is 0.261. The van der Waals surface area contributed by atoms with Crippen molar-refractivity contribution in [3.63, 3.8) is 0 Å². The number of amides is 1. The summed E-state index contributed by atoms with van der Waals surface area (Å²) in [7, 11) is 0. The minimum absolute atomic E-state index is 0.00889. The normalized spacial score (nSPS) is 11.9. The van der Waals surface area contributed by atoms with Gasteiger partial charge in [0.05, 0.1) is 25.1 Å². The Bertz CT molecular complexity index is 985. The second-order valence-corrected chi connectivity index (χ2v) is 7.60. The molecular formula is C23H24ClN3O3. The van der Waals surface area contributed by atoms with Gasteiger partial charge in [0.15, 0.2) is 0 Å². The molecule has 0 bridgehead atoms. The standard InChI is InChI=1S/C23H24ClN3O3/c1-16(2)30-22(28)14-21(19-6-3-4-7-20(19)24)26-23(29)18-10-8-17(9-11-18)15-27-13-5-12-25-27/h3-13,16,21H,14-15H2,1-2H3,(H,26,29)/t21-/m1/s1. The predicted octanol–water partition coefficient (Wildman–Crippen LogP) is 4.40. The largest absolute Gasteiger partial charge is 0.463 e. The quantitative estimate of drug-likeness (QED) is 0.543. The zero-order valence-electron chi connectivity index (χ0n) is 16.9. The third kappa shape index (κ3) is 5.94. The van der Waals surface area contributed by atoms with Crippen LogP contribution in [-0.2, 0) is 16.1 Å². The first-order valence-corrected chi connectivity index (χ1v) is 10.1. The van der Waals surface area contributed by atoms with E-state index in [0.717, 1.165) is 5.56 Å². The van der Waals surface area contributed by atoms with E-state index < -0.39 is 12.0 Å². The Balaban J connectivity index is 1.73. The molecule has 0 spiro atoms. The molecule has 1 N–H and O–H groups in total. The number of rotatable bonds is 8. The third-order valence-corrected chi connectivity index (χ3v) is 4.79. The van der Waals surface area contributed by atoms with Gasteiger partial charge in [-0.15, -0.1) is 0 Å². The molecule has 3 rings (SSSR count). The van der Waals surface area contributed by atoms with Crippen LogP contribution in [0.4, 0.5) is 0 Å². The summed E-state index contributed by atoms with van der Waals surface area (Å²) < 4.78 is 7.06. The van der Waals surface area contributed by atoms with E-state index in [1.807, 2.05) is 35.1 Å². The number of carbonyl (C=O) groups is 2. The summed E-state index contributed by atoms with van der Waals surface area (Å²) in [5.74, 6) is -0.687. The molecule has 3 aromatic rings. The van der Waals surface area contributed by atoms with Crippen molar-refractivity contribution in [2.24, 2.45) is 0 Å². The molecule has 0 aliphatic rings. The molecule has 1 amide bonds. The summed E-state index contributed by atoms with van der Waals surface area (Å²) in [6.07, 6.45) is 3.36. The van der Waals surface area contributed by atoms with Crippen molar-refractivity contribution in [3.8, 4) is 0 Å². The topological polar surface area (TPSA) is 73.2 Å². The van der Waals surface area contributed by atoms with E-state index in [0.29, 0.717) is 22.7 Å². The first-order valence-electron chi connectivity index (χ1n) is 9.73. The van der Waals surface area contributed by atoms with Crippen molar-refractivity contribution in [2.75, 3.05) is 0 Å². The first kappa shape index (κ1) is 21.6. The summed E-state index contributed by atoms with van der Waals surface area (Å²) in [5.41, 5.74) is 2.19. The van der Waals surface area contributed by atoms with E-state index >= 15 is 0 Å². The van der Waals surface area contributed by atoms with Crippen molar-refractivity contribution in [1.82, 2.24) is 15.1 Å². The van der Waals surface area contributed by atoms with Crippen molar-refractivity contribution in [1.29, 1.82) is 0 Å². The highest BCUT2D eigenvalue weighted by Gasteiger charge is 2.22. The van der Waals surface area contributed by atoms with E-state index in [4.69, 9.17) is 16.3 Å². The summed E-state index contributed by atoms with van der Waals surface area (Å²) in [4.78, 5) is 25.1. The zero-order valence-corrected chi connectivity index (χ0v) is 17.7. The van der Waals surface area contributed by atoms with Gasteiger partial charge < -0.3 is 10.1 Å². The van der Waals surface area contributed by atoms with Gasteiger partial charge in [-0.1, -0.05) is 41.9 Å². The van der Waals surface area contributed by atoms with Crippen LogP contribution in [0.15, 0.2) is 67.0 Å². The van der Waals surface area contributed by atoms with Gasteiger partial charge in [0, 0.05) is 23.0 Å². The number of carbonyl (C=O) groups excluding carboxylic acids is 2. The summed E-state index contributed by atoms with van der Waals surface area (Å²) in [5, 5.41) is 7.58. The average molecular weight is 426 g/mol. The van der Waals surface area contributed by atoms with Crippen LogP contribution in [0.25, 0.3) is 0 Å². The van der Waals surface area contributed by atoms with Crippen molar-refractivity contribution in [3.05, 3.63) is 88.7 Å². The van der Waals surface area contributed by atoms with Crippen LogP contribution in [0.3, 0.4) is 0 Å². The van der Waals surface area contributed by atoms with Crippen molar-refractivity contribution >= 4 is 23.5 Å². The number of nitrogens with zero attached hydrogens (tertiary/aromatic N) is 2. The number of hydrogen-bond donors (Lipinski definition) is 1. The van der Waals surface area contributed by atoms with Crippen LogP contribution in [0.1, 0.15) is 47.8 Å². The van der Waals surface area contributed by atoms with Crippen LogP contribution in [-0.4, -0.2) is 27.8 Å². The van der Waals surface area contributed by atoms with Crippen molar-refractivity contribution in [2.45, 2.75) is 39.0 Å². The van der Waals surface area contributed by atoms with Crippen LogP contribution >= 0.6 is 11.6 Å². The molecule has 1 heterocycles. The lowest BCUT2D eigenvalue weighted by Gasteiger charge is -2.20. The molecule has 0 saturated carbocycles. The average Bonchev–Trinajstić information content (AvgIpc) is 3.21. The highest BCUT2D eigenvalue weighted by molar-refractivity contribution is 6.31. The Morgan fingerprint density at radius 1 is 1.10 bits per heavy atom. The van der Waals surface area contributed by atoms with Gasteiger partial charge in [-0.05, 0) is 49.2 Å². The molecule has 1 aromatic heterocycles. The second-order valence-electron chi connectivity index (χ2n) is 7.19. The van der Waals surface area contributed by atoms with E-state index in [9.17, 15) is 9.59 Å². The number of esters is 1. The van der Waals surface area contributed by atoms with E-state index in [-0.39, 0.29) is 18.4 Å². The minimum Gasteiger partial charge on any atom is -0.463 e. The smallest absolute Gasteiger partial charge is 0.308 e. The van der Waals surface area contributed by atoms with E-state index in [1.54, 1.807) is 50.4 Å². The maximum Gasteiger partial charge on any atom is 0.308 e. The molecule has 0 fully saturated rings. The molecule has 0 radical (unpaired) electrons. The Hall–Kier alpha value is -3.12. The molecule has 0 saturated heterocycles. The summed E-state index contributed by atoms with van der Waals surface area (Å²) in [6.45, 7) is 4.19. The highest BCUT2D eigenvalue weighted by atomic mass is 35.5. The van der Waals surface area contributed by atoms with Gasteiger partial charge in [-0.25, -0.2) is 0 Å². The lowest BCUT2D eigenvalue weighted by atomic mass is 10.0. The predicted molar refractivity (Wildman–Crippen MR) is 115 cm³/mol. The number of aromatic nitrogens is 2. The monoisotopic (exact) mass is 425 g/mol. The Morgan fingerprint density at radius 3 is 2.47 bits per heavy atom. The SMILES string of the molecule is CC(C)OC(=O)C[C@@H](NC(=O)c1ccc(Cn2cccn2)cc1)c1ccccc1Cl. The molecule has 1 atom stereocenters. The number of nitrogens with one attached hydrogen (secondary N) is 1. The zero-order chi connectivity index (χ0) is 21.5. The van der Waals surface area contributed by atoms with E-state index in [2.05, 4.69) is 10.4 Å². The van der Waals surface area contributed by atoms with Crippen LogP contribution < -0.4 is 5.32 Å². The molecule has 6 nitrogen and oxygen atoms in total. The lowest BCUT2D eigenvalue weighted by Crippen LogP contribution is -2.31. The summed E-state index contributed by atoms with van der Waals surface area (Å²) >= 11 is 6.31. The highest BCUT2D eigenvalue weighted by Crippen LogP contribution is 2.26. The second kappa shape index (κ2) is 10.1. The maximum absolute atomic E-state index is 12.8. The molecule has 2 aromatic carbocycles. The molecule has 7 heteroatoms. The van der Waals surface area contributed by atoms with Crippen molar-refractivity contribution < 1.29 is 14.3 Å². The Kier molecular flexibility index (Phi) is 7.25. The maximum atomic E-state index is 12.8. The van der Waals surface area contributed by atoms with Gasteiger partial charge in [0.2, 0.25) is 0 Å². The molecule has 0 unspecified atom stereocenters. The van der Waals surface area contributed by atoms with Gasteiger partial charge in [-0.2, -0.15) is 5.10 Å². The first-order chi connectivity index (χ1) is 14.4. The molecule has 30 heavy (non-hydrogen) atoms. The molecule has 0 aliphatic carbocycles. The van der Waals surface area contributed by atoms with Crippen LogP contribution in [0.2, 0.25) is 5.02 Å². The van der Waals surface area contributed by atoms with E-state index in [1.165, 1.54) is 0 Å². The fourth-order valence-electron chi connectivity index (χ4n) is 3.06. The Labute approximate surface area is 180 Å². The number of hydrogen-bond acceptors (Lipinski definition) is 4. The number of ether oxygens (including phenoxy) is 1. The lowest BCUT2D eigenvalue weighted by molar-refractivity contribution is -0.147. The number of benzene rings is 2. The van der Waals surface area contributed by atoms with Crippen LogP contribution in [0, 0.1) is 0 Å². The van der Waals surface area contributed by atoms with Gasteiger partial charge in [0.25, 0.3) is 5.91 Å². The Morgan fingerprint density at radius 2 is 1.83 bits per heavy atom. The van der Waals surface area contributed by atoms with Crippen LogP contribution in [0.5, 0.6) is 0 Å². The van der Waals surface area contributed by atoms with Gasteiger partial charge in [-0.3, -0.25) is 14.3 Å². The molecule has 156 valence electrons. The van der Waals surface area contributed by atoms with Gasteiger partial charge in [0.1, 0.15) is 0 Å². The fourth-order valence-corrected chi connectivity index (χ4v) is 3.33. The number of halogens is 1. The molecular weight excluding hydrogens is 402 g/mol. The molecule has 0 aliphatic heterocycles. The third-order valence-electron chi connectivity index (χ3n) is 4.44. The summed E-state index contributed by atoms with van der Waals surface area (Å²) in [6, 6.07) is 15.7. The van der Waals surface area contributed by atoms with Gasteiger partial charge >= 0.3 is 5.97 Å².